The van der Waals surface area contributed by atoms with E-state index in [0.717, 1.165) is 0 Å². The molecular weight excluding hydrogens is 228 g/mol. The van der Waals surface area contributed by atoms with E-state index in [1.165, 1.54) is 12.1 Å². The summed E-state index contributed by atoms with van der Waals surface area (Å²) < 4.78 is 25.7. The van der Waals surface area contributed by atoms with E-state index in [1.54, 1.807) is 6.07 Å². The molecule has 1 atom stereocenters. The average molecular weight is 236 g/mol. The Balaban J connectivity index is 3.01. The molecule has 0 aliphatic carbocycles. The molecular formula is C8H8BrF2N. The average Bonchev–Trinajstić information content (AvgIpc) is 2.03. The van der Waals surface area contributed by atoms with Crippen LogP contribution in [-0.4, -0.2) is 6.67 Å². The van der Waals surface area contributed by atoms with Crippen molar-refractivity contribution < 1.29 is 8.78 Å². The lowest BCUT2D eigenvalue weighted by Gasteiger charge is -2.08. The van der Waals surface area contributed by atoms with Crippen molar-refractivity contribution in [3.8, 4) is 0 Å². The third-order valence-corrected chi connectivity index (χ3v) is 2.02. The van der Waals surface area contributed by atoms with Gasteiger partial charge in [0.25, 0.3) is 0 Å². The van der Waals surface area contributed by atoms with Crippen molar-refractivity contribution in [3.63, 3.8) is 0 Å². The molecule has 0 aliphatic rings. The molecule has 0 aliphatic heterocycles. The predicted octanol–water partition coefficient (Wildman–Crippen LogP) is 2.56. The zero-order chi connectivity index (χ0) is 9.14. The van der Waals surface area contributed by atoms with Gasteiger partial charge in [-0.25, -0.2) is 8.78 Å². The Morgan fingerprint density at radius 3 is 2.67 bits per heavy atom. The fourth-order valence-electron chi connectivity index (χ4n) is 0.885. The Morgan fingerprint density at radius 1 is 1.50 bits per heavy atom. The summed E-state index contributed by atoms with van der Waals surface area (Å²) in [4.78, 5) is 0. The Kier molecular flexibility index (Phi) is 3.17. The van der Waals surface area contributed by atoms with Gasteiger partial charge in [-0.2, -0.15) is 0 Å². The SMILES string of the molecule is N[C@@H](CF)c1ccc(Br)cc1F. The molecule has 12 heavy (non-hydrogen) atoms. The molecule has 1 rings (SSSR count). The van der Waals surface area contributed by atoms with E-state index in [0.29, 0.717) is 4.47 Å². The maximum Gasteiger partial charge on any atom is 0.129 e. The molecule has 4 heteroatoms. The molecule has 0 unspecified atom stereocenters. The van der Waals surface area contributed by atoms with Crippen molar-refractivity contribution >= 4 is 15.9 Å². The number of hydrogen-bond donors (Lipinski definition) is 1. The minimum absolute atomic E-state index is 0.209. The Bertz CT molecular complexity index is 278. The summed E-state index contributed by atoms with van der Waals surface area (Å²) in [7, 11) is 0. The van der Waals surface area contributed by atoms with Crippen molar-refractivity contribution in [2.24, 2.45) is 5.73 Å². The fourth-order valence-corrected chi connectivity index (χ4v) is 1.22. The topological polar surface area (TPSA) is 26.0 Å². The van der Waals surface area contributed by atoms with Gasteiger partial charge < -0.3 is 5.73 Å². The largest absolute Gasteiger partial charge is 0.322 e. The summed E-state index contributed by atoms with van der Waals surface area (Å²) in [6, 6.07) is 3.51. The number of hydrogen-bond acceptors (Lipinski definition) is 1. The van der Waals surface area contributed by atoms with Gasteiger partial charge in [0.1, 0.15) is 12.5 Å². The van der Waals surface area contributed by atoms with Crippen LogP contribution < -0.4 is 5.73 Å². The first-order valence-electron chi connectivity index (χ1n) is 3.41. The number of halogens is 3. The first-order valence-corrected chi connectivity index (χ1v) is 4.21. The maximum absolute atomic E-state index is 13.0. The lowest BCUT2D eigenvalue weighted by Crippen LogP contribution is -2.13. The van der Waals surface area contributed by atoms with Crippen LogP contribution in [0.1, 0.15) is 11.6 Å². The second-order valence-electron chi connectivity index (χ2n) is 2.43. The molecule has 1 aromatic rings. The second kappa shape index (κ2) is 3.96. The minimum Gasteiger partial charge on any atom is -0.322 e. The molecule has 0 radical (unpaired) electrons. The highest BCUT2D eigenvalue weighted by atomic mass is 79.9. The van der Waals surface area contributed by atoms with Gasteiger partial charge in [0.15, 0.2) is 0 Å². The molecule has 1 nitrogen and oxygen atoms in total. The van der Waals surface area contributed by atoms with Gasteiger partial charge in [0.05, 0.1) is 6.04 Å². The molecule has 66 valence electrons. The highest BCUT2D eigenvalue weighted by Crippen LogP contribution is 2.19. The van der Waals surface area contributed by atoms with Crippen LogP contribution in [0.25, 0.3) is 0 Å². The van der Waals surface area contributed by atoms with Crippen LogP contribution in [0.5, 0.6) is 0 Å². The zero-order valence-corrected chi connectivity index (χ0v) is 7.81. The van der Waals surface area contributed by atoms with Crippen molar-refractivity contribution in [3.05, 3.63) is 34.1 Å². The second-order valence-corrected chi connectivity index (χ2v) is 3.34. The third-order valence-electron chi connectivity index (χ3n) is 1.53. The van der Waals surface area contributed by atoms with Crippen LogP contribution in [0.2, 0.25) is 0 Å². The van der Waals surface area contributed by atoms with E-state index < -0.39 is 18.5 Å². The lowest BCUT2D eigenvalue weighted by atomic mass is 10.1. The normalized spacial score (nSPS) is 13.0. The van der Waals surface area contributed by atoms with Gasteiger partial charge in [-0.3, -0.25) is 0 Å². The van der Waals surface area contributed by atoms with E-state index in [2.05, 4.69) is 15.9 Å². The summed E-state index contributed by atoms with van der Waals surface area (Å²) in [5.74, 6) is -0.477. The van der Waals surface area contributed by atoms with E-state index in [9.17, 15) is 8.78 Å². The molecule has 0 bridgehead atoms. The first-order chi connectivity index (χ1) is 5.65. The van der Waals surface area contributed by atoms with E-state index >= 15 is 0 Å². The van der Waals surface area contributed by atoms with Crippen molar-refractivity contribution in [1.82, 2.24) is 0 Å². The Labute approximate surface area is 77.7 Å². The molecule has 0 amide bonds. The molecule has 1 aromatic carbocycles. The highest BCUT2D eigenvalue weighted by molar-refractivity contribution is 9.10. The molecule has 0 saturated heterocycles. The van der Waals surface area contributed by atoms with Gasteiger partial charge in [0, 0.05) is 10.0 Å². The predicted molar refractivity (Wildman–Crippen MR) is 47.0 cm³/mol. The molecule has 0 spiro atoms. The van der Waals surface area contributed by atoms with E-state index in [4.69, 9.17) is 5.73 Å². The summed E-state index contributed by atoms with van der Waals surface area (Å²) in [6.45, 7) is -0.751. The van der Waals surface area contributed by atoms with E-state index in [-0.39, 0.29) is 5.56 Å². The standard InChI is InChI=1S/C8H8BrF2N/c9-5-1-2-6(7(11)3-5)8(12)4-10/h1-3,8H,4,12H2/t8-/m0/s1. The van der Waals surface area contributed by atoms with Gasteiger partial charge in [-0.05, 0) is 12.1 Å². The number of benzene rings is 1. The number of nitrogens with two attached hydrogens (primary N) is 1. The van der Waals surface area contributed by atoms with Crippen LogP contribution in [0.15, 0.2) is 22.7 Å². The van der Waals surface area contributed by atoms with Gasteiger partial charge in [-0.1, -0.05) is 22.0 Å². The van der Waals surface area contributed by atoms with E-state index in [1.807, 2.05) is 0 Å². The quantitative estimate of drug-likeness (QED) is 0.838. The van der Waals surface area contributed by atoms with Crippen molar-refractivity contribution in [2.45, 2.75) is 6.04 Å². The smallest absolute Gasteiger partial charge is 0.129 e. The molecule has 0 aromatic heterocycles. The molecule has 0 saturated carbocycles. The van der Waals surface area contributed by atoms with Crippen LogP contribution in [0.3, 0.4) is 0 Å². The highest BCUT2D eigenvalue weighted by Gasteiger charge is 2.10. The van der Waals surface area contributed by atoms with Crippen LogP contribution in [0.4, 0.5) is 8.78 Å². The van der Waals surface area contributed by atoms with Gasteiger partial charge >= 0.3 is 0 Å². The van der Waals surface area contributed by atoms with Crippen LogP contribution in [0, 0.1) is 5.82 Å². The number of rotatable bonds is 2. The monoisotopic (exact) mass is 235 g/mol. The number of alkyl halides is 1. The Hall–Kier alpha value is -0.480. The fraction of sp³-hybridized carbons (Fsp3) is 0.250. The lowest BCUT2D eigenvalue weighted by molar-refractivity contribution is 0.426. The first kappa shape index (κ1) is 9.61. The summed E-state index contributed by atoms with van der Waals surface area (Å²) in [5, 5.41) is 0. The van der Waals surface area contributed by atoms with Crippen molar-refractivity contribution in [1.29, 1.82) is 0 Å². The third kappa shape index (κ3) is 2.01. The maximum atomic E-state index is 13.0. The Morgan fingerprint density at radius 2 is 2.17 bits per heavy atom. The van der Waals surface area contributed by atoms with Crippen LogP contribution in [-0.2, 0) is 0 Å². The van der Waals surface area contributed by atoms with Crippen molar-refractivity contribution in [2.75, 3.05) is 6.67 Å². The summed E-state index contributed by atoms with van der Waals surface area (Å²) >= 11 is 3.09. The van der Waals surface area contributed by atoms with Gasteiger partial charge in [0.2, 0.25) is 0 Å². The zero-order valence-electron chi connectivity index (χ0n) is 6.23. The van der Waals surface area contributed by atoms with Crippen LogP contribution >= 0.6 is 15.9 Å². The minimum atomic E-state index is -0.863. The van der Waals surface area contributed by atoms with Gasteiger partial charge in [-0.15, -0.1) is 0 Å². The molecule has 0 fully saturated rings. The molecule has 2 N–H and O–H groups in total. The molecule has 0 heterocycles. The summed E-state index contributed by atoms with van der Waals surface area (Å²) in [5.41, 5.74) is 5.52. The summed E-state index contributed by atoms with van der Waals surface area (Å²) in [6.07, 6.45) is 0.